The molecule has 0 unspecified atom stereocenters. The van der Waals surface area contributed by atoms with Crippen molar-refractivity contribution in [3.63, 3.8) is 0 Å². The zero-order valence-corrected chi connectivity index (χ0v) is 21.0. The van der Waals surface area contributed by atoms with Gasteiger partial charge in [-0.15, -0.1) is 35.3 Å². The monoisotopic (exact) mass is 551 g/mol. The molecule has 7 nitrogen and oxygen atoms in total. The van der Waals surface area contributed by atoms with Crippen molar-refractivity contribution in [2.75, 3.05) is 26.2 Å². The number of aliphatic imine (C=N–C) groups is 1. The molecule has 0 aliphatic carbocycles. The summed E-state index contributed by atoms with van der Waals surface area (Å²) in [5, 5.41) is 7.53. The Bertz CT molecular complexity index is 867. The van der Waals surface area contributed by atoms with Crippen molar-refractivity contribution in [1.29, 1.82) is 0 Å². The van der Waals surface area contributed by atoms with Crippen LogP contribution >= 0.6 is 35.3 Å². The first-order valence-corrected chi connectivity index (χ1v) is 11.8. The van der Waals surface area contributed by atoms with E-state index < -0.39 is 10.0 Å². The van der Waals surface area contributed by atoms with Crippen molar-refractivity contribution in [2.45, 2.75) is 38.5 Å². The average Bonchev–Trinajstić information content (AvgIpc) is 3.13. The zero-order chi connectivity index (χ0) is 20.4. The summed E-state index contributed by atoms with van der Waals surface area (Å²) in [5.74, 6) is 0.671. The molecule has 1 aromatic carbocycles. The van der Waals surface area contributed by atoms with Gasteiger partial charge in [0.1, 0.15) is 0 Å². The number of aromatic nitrogens is 1. The molecule has 0 fully saturated rings. The molecule has 0 saturated heterocycles. The molecule has 0 amide bonds. The number of nitrogens with one attached hydrogen (secondary N) is 3. The lowest BCUT2D eigenvalue weighted by Gasteiger charge is -2.11. The number of aryl methyl sites for hydroxylation is 2. The van der Waals surface area contributed by atoms with Gasteiger partial charge in [0.15, 0.2) is 5.96 Å². The van der Waals surface area contributed by atoms with Gasteiger partial charge in [0.25, 0.3) is 0 Å². The molecule has 0 saturated carbocycles. The summed E-state index contributed by atoms with van der Waals surface area (Å²) in [5.41, 5.74) is 1.02. The minimum Gasteiger partial charge on any atom is -0.357 e. The Kier molecular flexibility index (Phi) is 11.7. The lowest BCUT2D eigenvalue weighted by Crippen LogP contribution is -2.39. The van der Waals surface area contributed by atoms with E-state index >= 15 is 0 Å². The second-order valence-electron chi connectivity index (χ2n) is 6.22. The smallest absolute Gasteiger partial charge is 0.240 e. The third-order valence-electron chi connectivity index (χ3n) is 3.93. The highest BCUT2D eigenvalue weighted by Crippen LogP contribution is 2.13. The van der Waals surface area contributed by atoms with Crippen LogP contribution in [0.5, 0.6) is 0 Å². The molecule has 0 aliphatic heterocycles. The summed E-state index contributed by atoms with van der Waals surface area (Å²) in [6.45, 7) is 8.07. The highest BCUT2D eigenvalue weighted by atomic mass is 127. The molecule has 1 heterocycles. The topological polar surface area (TPSA) is 95.5 Å². The SMILES string of the molecule is CCNC(=NCCNS(=O)(=O)c1ccc(C)cc1)NCCc1ncc(CC)s1.I. The number of halogens is 1. The Hall–Kier alpha value is -1.24. The van der Waals surface area contributed by atoms with Gasteiger partial charge in [-0.05, 0) is 32.4 Å². The van der Waals surface area contributed by atoms with Crippen LogP contribution in [0.4, 0.5) is 0 Å². The average molecular weight is 552 g/mol. The van der Waals surface area contributed by atoms with Crippen molar-refractivity contribution in [3.05, 3.63) is 45.9 Å². The van der Waals surface area contributed by atoms with Gasteiger partial charge in [-0.25, -0.2) is 18.1 Å². The van der Waals surface area contributed by atoms with Crippen LogP contribution in [-0.4, -0.2) is 45.5 Å². The number of rotatable bonds is 10. The molecule has 2 rings (SSSR count). The molecule has 10 heteroatoms. The third kappa shape index (κ3) is 8.97. The number of sulfonamides is 1. The number of guanidine groups is 1. The van der Waals surface area contributed by atoms with E-state index in [2.05, 4.69) is 32.3 Å². The molecule has 0 aliphatic rings. The summed E-state index contributed by atoms with van der Waals surface area (Å²) in [7, 11) is -3.51. The number of benzene rings is 1. The van der Waals surface area contributed by atoms with E-state index in [0.29, 0.717) is 12.5 Å². The lowest BCUT2D eigenvalue weighted by atomic mass is 10.2. The summed E-state index contributed by atoms with van der Waals surface area (Å²) < 4.78 is 27.1. The quantitative estimate of drug-likeness (QED) is 0.183. The normalized spacial score (nSPS) is 11.8. The van der Waals surface area contributed by atoms with E-state index in [1.165, 1.54) is 4.88 Å². The molecule has 2 aromatic rings. The molecular weight excluding hydrogens is 521 g/mol. The van der Waals surface area contributed by atoms with E-state index in [9.17, 15) is 8.42 Å². The fraction of sp³-hybridized carbons (Fsp3) is 0.474. The van der Waals surface area contributed by atoms with Crippen LogP contribution in [0, 0.1) is 6.92 Å². The van der Waals surface area contributed by atoms with Gasteiger partial charge in [-0.1, -0.05) is 24.6 Å². The van der Waals surface area contributed by atoms with Crippen LogP contribution in [0.3, 0.4) is 0 Å². The molecule has 0 spiro atoms. The summed E-state index contributed by atoms with van der Waals surface area (Å²) >= 11 is 1.73. The molecule has 162 valence electrons. The van der Waals surface area contributed by atoms with Crippen molar-refractivity contribution < 1.29 is 8.42 Å². The predicted octanol–water partition coefficient (Wildman–Crippen LogP) is 2.71. The Balaban J connectivity index is 0.00000420. The van der Waals surface area contributed by atoms with Crippen LogP contribution in [0.15, 0.2) is 40.4 Å². The Labute approximate surface area is 194 Å². The first-order valence-electron chi connectivity index (χ1n) is 9.46. The van der Waals surface area contributed by atoms with Gasteiger partial charge in [0, 0.05) is 37.1 Å². The Morgan fingerprint density at radius 1 is 1.14 bits per heavy atom. The number of thiazole rings is 1. The predicted molar refractivity (Wildman–Crippen MR) is 131 cm³/mol. The summed E-state index contributed by atoms with van der Waals surface area (Å²) in [6, 6.07) is 6.78. The van der Waals surface area contributed by atoms with Gasteiger partial charge in [0.2, 0.25) is 10.0 Å². The maximum Gasteiger partial charge on any atom is 0.240 e. The van der Waals surface area contributed by atoms with Gasteiger partial charge in [-0.3, -0.25) is 4.99 Å². The minimum atomic E-state index is -3.51. The molecule has 0 radical (unpaired) electrons. The second kappa shape index (κ2) is 13.1. The van der Waals surface area contributed by atoms with Gasteiger partial charge < -0.3 is 10.6 Å². The van der Waals surface area contributed by atoms with Crippen molar-refractivity contribution >= 4 is 51.3 Å². The first-order chi connectivity index (χ1) is 13.4. The number of nitrogens with zero attached hydrogens (tertiary/aromatic N) is 2. The van der Waals surface area contributed by atoms with Gasteiger partial charge in [0.05, 0.1) is 16.4 Å². The third-order valence-corrected chi connectivity index (χ3v) is 6.61. The Morgan fingerprint density at radius 3 is 2.48 bits per heavy atom. The zero-order valence-electron chi connectivity index (χ0n) is 17.1. The molecule has 3 N–H and O–H groups in total. The van der Waals surface area contributed by atoms with Crippen molar-refractivity contribution in [2.24, 2.45) is 4.99 Å². The molecule has 29 heavy (non-hydrogen) atoms. The highest BCUT2D eigenvalue weighted by Gasteiger charge is 2.12. The number of hydrogen-bond donors (Lipinski definition) is 3. The lowest BCUT2D eigenvalue weighted by molar-refractivity contribution is 0.582. The van der Waals surface area contributed by atoms with Crippen molar-refractivity contribution in [3.8, 4) is 0 Å². The minimum absolute atomic E-state index is 0. The van der Waals surface area contributed by atoms with Crippen LogP contribution in [-0.2, 0) is 22.9 Å². The van der Waals surface area contributed by atoms with Crippen molar-refractivity contribution in [1.82, 2.24) is 20.3 Å². The van der Waals surface area contributed by atoms with E-state index in [1.807, 2.05) is 20.0 Å². The van der Waals surface area contributed by atoms with Crippen LogP contribution in [0.25, 0.3) is 0 Å². The summed E-state index contributed by atoms with van der Waals surface area (Å²) in [4.78, 5) is 10.4. The summed E-state index contributed by atoms with van der Waals surface area (Å²) in [6.07, 6.45) is 3.77. The fourth-order valence-corrected chi connectivity index (χ4v) is 4.29. The number of hydrogen-bond acceptors (Lipinski definition) is 5. The standard InChI is InChI=1S/C19H29N5O2S2.HI/c1-4-16-14-23-18(27-16)10-11-21-19(20-5-2)22-12-13-24-28(25,26)17-8-6-15(3)7-9-17;/h6-9,14,24H,4-5,10-13H2,1-3H3,(H2,20,21,22);1H. The molecule has 0 bridgehead atoms. The van der Waals surface area contributed by atoms with E-state index in [-0.39, 0.29) is 35.4 Å². The first kappa shape index (κ1) is 25.8. The molecular formula is C19H30IN5O2S2. The largest absolute Gasteiger partial charge is 0.357 e. The second-order valence-corrected chi connectivity index (χ2v) is 9.19. The van der Waals surface area contributed by atoms with E-state index in [0.717, 1.165) is 36.5 Å². The van der Waals surface area contributed by atoms with Gasteiger partial charge >= 0.3 is 0 Å². The fourth-order valence-electron chi connectivity index (χ4n) is 2.41. The maximum absolute atomic E-state index is 12.3. The molecule has 1 aromatic heterocycles. The van der Waals surface area contributed by atoms with Gasteiger partial charge in [-0.2, -0.15) is 0 Å². The van der Waals surface area contributed by atoms with Crippen LogP contribution in [0.2, 0.25) is 0 Å². The van der Waals surface area contributed by atoms with Crippen LogP contribution < -0.4 is 15.4 Å². The van der Waals surface area contributed by atoms with Crippen LogP contribution in [0.1, 0.15) is 29.3 Å². The molecule has 0 atom stereocenters. The van der Waals surface area contributed by atoms with E-state index in [1.54, 1.807) is 35.6 Å². The van der Waals surface area contributed by atoms with E-state index in [4.69, 9.17) is 0 Å². The highest BCUT2D eigenvalue weighted by molar-refractivity contribution is 14.0. The Morgan fingerprint density at radius 2 is 1.86 bits per heavy atom. The maximum atomic E-state index is 12.3.